The summed E-state index contributed by atoms with van der Waals surface area (Å²) in [7, 11) is -12.9. The summed E-state index contributed by atoms with van der Waals surface area (Å²) in [5.41, 5.74) is -4.39. The van der Waals surface area contributed by atoms with Gasteiger partial charge in [0.25, 0.3) is 0 Å². The molecule has 0 saturated heterocycles. The molecule has 57 heavy (non-hydrogen) atoms. The van der Waals surface area contributed by atoms with Crippen molar-refractivity contribution < 1.29 is 69.4 Å². The van der Waals surface area contributed by atoms with Gasteiger partial charge in [-0.05, 0) is 53.0 Å². The molecule has 0 unspecified atom stereocenters. The molecule has 0 saturated carbocycles. The van der Waals surface area contributed by atoms with Gasteiger partial charge in [0.2, 0.25) is 0 Å². The van der Waals surface area contributed by atoms with E-state index in [1.54, 1.807) is 0 Å². The monoisotopic (exact) mass is 912 g/mol. The van der Waals surface area contributed by atoms with Crippen LogP contribution in [-0.4, -0.2) is 53.3 Å². The standard InChI is InChI=1S/C37H30NPS.2CHF3O3S.Cu/c1-36-28-20-10-12-22-30(28)37(2,31-23-13-11-21-29(31)36)34-33(36)38-35(40-34)27-19-9-14-24-32(27)39(25-15-5-3-6-16-25)26-17-7-4-8-18-26;2*2-1(3,4)8(5,6)7;/h3-24,33-34H,1-2H3;2*(H,5,6,7);/q;;;+2/p-2/t33-,34+,36?,37?;;;/m0.../s1. The van der Waals surface area contributed by atoms with Crippen molar-refractivity contribution in [3.63, 3.8) is 0 Å². The molecule has 4 aliphatic rings. The zero-order valence-corrected chi connectivity index (χ0v) is 33.8. The molecule has 9 rings (SSSR count). The second-order valence-electron chi connectivity index (χ2n) is 13.2. The van der Waals surface area contributed by atoms with Crippen LogP contribution in [0.5, 0.6) is 0 Å². The van der Waals surface area contributed by atoms with Crippen LogP contribution in [0.15, 0.2) is 138 Å². The summed E-state index contributed by atoms with van der Waals surface area (Å²) in [5, 5.41) is 5.68. The summed E-state index contributed by atoms with van der Waals surface area (Å²) in [6, 6.07) is 49.6. The maximum Gasteiger partial charge on any atom is 2.00 e. The van der Waals surface area contributed by atoms with Crippen molar-refractivity contribution in [2.45, 2.75) is 47.0 Å². The molecule has 1 heterocycles. The summed E-state index contributed by atoms with van der Waals surface area (Å²) in [5.74, 6) is 0. The fourth-order valence-electron chi connectivity index (χ4n) is 7.53. The molecule has 7 nitrogen and oxygen atoms in total. The van der Waals surface area contributed by atoms with E-state index < -0.39 is 39.2 Å². The van der Waals surface area contributed by atoms with Gasteiger partial charge >= 0.3 is 28.1 Å². The molecule has 303 valence electrons. The number of aliphatic imine (C=N–C) groups is 1. The van der Waals surface area contributed by atoms with Gasteiger partial charge in [-0.2, -0.15) is 26.3 Å². The summed E-state index contributed by atoms with van der Waals surface area (Å²) < 4.78 is 118. The van der Waals surface area contributed by atoms with Crippen molar-refractivity contribution in [1.29, 1.82) is 0 Å². The Morgan fingerprint density at radius 3 is 1.30 bits per heavy atom. The van der Waals surface area contributed by atoms with Gasteiger partial charge in [0.15, 0.2) is 20.2 Å². The van der Waals surface area contributed by atoms with Crippen LogP contribution in [0.4, 0.5) is 26.3 Å². The topological polar surface area (TPSA) is 127 Å². The summed E-state index contributed by atoms with van der Waals surface area (Å²) in [4.78, 5) is 5.70. The molecule has 0 N–H and O–H groups in total. The zero-order valence-electron chi connectivity index (χ0n) is 29.5. The maximum atomic E-state index is 10.7. The molecule has 0 spiro atoms. The Morgan fingerprint density at radius 1 is 0.579 bits per heavy atom. The van der Waals surface area contributed by atoms with Crippen molar-refractivity contribution in [2.24, 2.45) is 4.99 Å². The van der Waals surface area contributed by atoms with Crippen molar-refractivity contribution in [1.82, 2.24) is 0 Å². The van der Waals surface area contributed by atoms with Crippen LogP contribution in [0.1, 0.15) is 41.7 Å². The van der Waals surface area contributed by atoms with Gasteiger partial charge < -0.3 is 9.11 Å². The van der Waals surface area contributed by atoms with E-state index in [-0.39, 0.29) is 33.9 Å². The first-order chi connectivity index (χ1) is 26.1. The Hall–Kier alpha value is -3.53. The molecule has 5 aromatic rings. The molecule has 2 atom stereocenters. The first kappa shape index (κ1) is 44.6. The van der Waals surface area contributed by atoms with Gasteiger partial charge in [0, 0.05) is 21.6 Å². The third kappa shape index (κ3) is 8.23. The van der Waals surface area contributed by atoms with Gasteiger partial charge in [0.05, 0.1) is 11.1 Å². The predicted octanol–water partition coefficient (Wildman–Crippen LogP) is 7.41. The van der Waals surface area contributed by atoms with Gasteiger partial charge in [-0.25, -0.2) is 16.8 Å². The van der Waals surface area contributed by atoms with E-state index in [1.165, 1.54) is 48.8 Å². The van der Waals surface area contributed by atoms with Gasteiger partial charge in [-0.1, -0.05) is 152 Å². The van der Waals surface area contributed by atoms with E-state index in [0.29, 0.717) is 5.25 Å². The van der Waals surface area contributed by atoms with Crippen molar-refractivity contribution in [3.05, 3.63) is 161 Å². The Bertz CT molecular complexity index is 2380. The summed E-state index contributed by atoms with van der Waals surface area (Å²) in [6.45, 7) is 4.92. The normalized spacial score (nSPS) is 22.0. The maximum absolute atomic E-state index is 10.7. The van der Waals surface area contributed by atoms with Crippen LogP contribution in [0, 0.1) is 0 Å². The number of nitrogens with zero attached hydrogens (tertiary/aromatic N) is 1. The number of hydrogen-bond acceptors (Lipinski definition) is 8. The smallest absolute Gasteiger partial charge is 0.741 e. The molecule has 5 aromatic carbocycles. The molecule has 0 fully saturated rings. The third-order valence-electron chi connectivity index (χ3n) is 10.0. The van der Waals surface area contributed by atoms with Crippen molar-refractivity contribution in [2.75, 3.05) is 0 Å². The number of halogens is 6. The number of hydrogen-bond donors (Lipinski definition) is 0. The number of rotatable bonds is 4. The zero-order chi connectivity index (χ0) is 40.9. The quantitative estimate of drug-likeness (QED) is 0.0605. The van der Waals surface area contributed by atoms with E-state index in [0.717, 1.165) is 0 Å². The molecular formula is C39H30CuF6NO6PS3. The fourth-order valence-corrected chi connectivity index (χ4v) is 11.7. The Balaban J connectivity index is 0.000000310. The minimum absolute atomic E-state index is 0. The SMILES string of the molecule is CC12c3ccccc3C(C)(c3ccccc31)[C@H]1N=C(c3ccccc3P(c3ccccc3)c3ccccc3)S[C@H]12.O=S(=O)([O-])C(F)(F)F.O=S(=O)([O-])C(F)(F)F.[Cu+2]. The Morgan fingerprint density at radius 2 is 0.912 bits per heavy atom. The first-order valence-corrected chi connectivity index (χ1v) is 21.6. The summed E-state index contributed by atoms with van der Waals surface area (Å²) >= 11 is 2.02. The fraction of sp³-hybridized carbons (Fsp3) is 0.205. The van der Waals surface area contributed by atoms with Crippen LogP contribution < -0.4 is 15.9 Å². The van der Waals surface area contributed by atoms with Crippen LogP contribution >= 0.6 is 19.7 Å². The Labute approximate surface area is 341 Å². The summed E-state index contributed by atoms with van der Waals surface area (Å²) in [6.07, 6.45) is 0. The van der Waals surface area contributed by atoms with E-state index in [9.17, 15) is 26.3 Å². The van der Waals surface area contributed by atoms with Crippen LogP contribution in [0.2, 0.25) is 0 Å². The molecule has 1 radical (unpaired) electrons. The molecule has 1 aliphatic heterocycles. The molecule has 0 amide bonds. The Kier molecular flexibility index (Phi) is 12.7. The molecule has 2 bridgehead atoms. The van der Waals surface area contributed by atoms with E-state index in [2.05, 4.69) is 147 Å². The average Bonchev–Trinajstić information content (AvgIpc) is 3.62. The van der Waals surface area contributed by atoms with Gasteiger partial charge in [-0.15, -0.1) is 0 Å². The van der Waals surface area contributed by atoms with Crippen molar-refractivity contribution >= 4 is 60.9 Å². The average molecular weight is 913 g/mol. The van der Waals surface area contributed by atoms with Crippen molar-refractivity contribution in [3.8, 4) is 0 Å². The third-order valence-corrected chi connectivity index (χ3v) is 15.2. The minimum Gasteiger partial charge on any atom is -0.741 e. The number of alkyl halides is 6. The van der Waals surface area contributed by atoms with Crippen LogP contribution in [0.3, 0.4) is 0 Å². The van der Waals surface area contributed by atoms with E-state index in [4.69, 9.17) is 30.9 Å². The molecule has 18 heteroatoms. The minimum atomic E-state index is -6.09. The number of thioether (sulfide) groups is 1. The van der Waals surface area contributed by atoms with Crippen LogP contribution in [0.25, 0.3) is 0 Å². The molecule has 3 aliphatic carbocycles. The largest absolute Gasteiger partial charge is 2.00 e. The number of benzene rings is 5. The van der Waals surface area contributed by atoms with Gasteiger partial charge in [0.1, 0.15) is 0 Å². The van der Waals surface area contributed by atoms with Crippen LogP contribution in [-0.2, 0) is 48.1 Å². The first-order valence-electron chi connectivity index (χ1n) is 16.6. The van der Waals surface area contributed by atoms with Gasteiger partial charge in [-0.3, -0.25) is 4.99 Å². The second kappa shape index (κ2) is 16.3. The second-order valence-corrected chi connectivity index (χ2v) is 19.3. The molecule has 0 aromatic heterocycles. The predicted molar refractivity (Wildman–Crippen MR) is 204 cm³/mol. The molecular weight excluding hydrogens is 883 g/mol. The van der Waals surface area contributed by atoms with E-state index in [1.807, 2.05) is 11.8 Å². The van der Waals surface area contributed by atoms with E-state index >= 15 is 0 Å².